The number of benzene rings is 1. The second-order valence-corrected chi connectivity index (χ2v) is 3.84. The Morgan fingerprint density at radius 3 is 2.84 bits per heavy atom. The van der Waals surface area contributed by atoms with Crippen molar-refractivity contribution in [2.24, 2.45) is 5.73 Å². The Morgan fingerprint density at radius 1 is 1.63 bits per heavy atom. The van der Waals surface area contributed by atoms with Crippen molar-refractivity contribution in [1.29, 1.82) is 0 Å². The number of nitrogens with zero attached hydrogens (tertiary/aromatic N) is 1. The monoisotopic (exact) mass is 269 g/mol. The smallest absolute Gasteiger partial charge is 0.292 e. The van der Waals surface area contributed by atoms with Gasteiger partial charge in [0, 0.05) is 25.3 Å². The van der Waals surface area contributed by atoms with Crippen LogP contribution in [0.1, 0.15) is 10.4 Å². The van der Waals surface area contributed by atoms with Crippen LogP contribution in [0.25, 0.3) is 0 Å². The second kappa shape index (κ2) is 6.66. The molecule has 0 aliphatic heterocycles. The number of methoxy groups -OCH3 is 1. The fraction of sp³-hybridized carbons (Fsp3) is 0.364. The summed E-state index contributed by atoms with van der Waals surface area (Å²) >= 11 is 0. The molecule has 1 aromatic carbocycles. The summed E-state index contributed by atoms with van der Waals surface area (Å²) in [6.45, 7) is 0.146. The van der Waals surface area contributed by atoms with Crippen LogP contribution >= 0.6 is 0 Å². The minimum absolute atomic E-state index is 0.0525. The van der Waals surface area contributed by atoms with Gasteiger partial charge in [0.2, 0.25) is 5.91 Å². The Hall–Kier alpha value is -2.19. The summed E-state index contributed by atoms with van der Waals surface area (Å²) in [5, 5.41) is 23.0. The molecule has 8 heteroatoms. The molecule has 104 valence electrons. The molecule has 1 unspecified atom stereocenters. The number of ether oxygens (including phenoxy) is 1. The Bertz CT molecular complexity index is 477. The number of carbonyl (C=O) groups excluding carboxylic acids is 1. The number of hydrogen-bond acceptors (Lipinski definition) is 6. The third kappa shape index (κ3) is 4.19. The van der Waals surface area contributed by atoms with Crippen LogP contribution in [-0.4, -0.2) is 42.3 Å². The lowest BCUT2D eigenvalue weighted by atomic mass is 10.1. The predicted octanol–water partition coefficient (Wildman–Crippen LogP) is 0.113. The van der Waals surface area contributed by atoms with Gasteiger partial charge >= 0.3 is 0 Å². The third-order valence-corrected chi connectivity index (χ3v) is 2.36. The molecule has 0 saturated carbocycles. The molecule has 0 aliphatic rings. The number of nitro groups is 1. The van der Waals surface area contributed by atoms with E-state index in [1.54, 1.807) is 0 Å². The predicted molar refractivity (Wildman–Crippen MR) is 68.0 cm³/mol. The van der Waals surface area contributed by atoms with E-state index < -0.39 is 16.9 Å². The highest BCUT2D eigenvalue weighted by atomic mass is 16.6. The van der Waals surface area contributed by atoms with E-state index in [-0.39, 0.29) is 30.1 Å². The first-order valence-corrected chi connectivity index (χ1v) is 5.44. The van der Waals surface area contributed by atoms with E-state index in [2.05, 4.69) is 5.32 Å². The zero-order chi connectivity index (χ0) is 14.4. The first-order chi connectivity index (χ1) is 8.95. The molecule has 8 nitrogen and oxygen atoms in total. The highest BCUT2D eigenvalue weighted by Crippen LogP contribution is 2.25. The van der Waals surface area contributed by atoms with Gasteiger partial charge in [-0.15, -0.1) is 0 Å². The zero-order valence-electron chi connectivity index (χ0n) is 10.3. The topological polar surface area (TPSA) is 128 Å². The van der Waals surface area contributed by atoms with Crippen LogP contribution in [0.2, 0.25) is 0 Å². The highest BCUT2D eigenvalue weighted by molar-refractivity contribution is 5.94. The van der Waals surface area contributed by atoms with E-state index in [0.29, 0.717) is 0 Å². The summed E-state index contributed by atoms with van der Waals surface area (Å²) in [7, 11) is 1.43. The van der Waals surface area contributed by atoms with Crippen LogP contribution in [0.5, 0.6) is 0 Å². The van der Waals surface area contributed by atoms with Crippen molar-refractivity contribution in [2.45, 2.75) is 6.10 Å². The lowest BCUT2D eigenvalue weighted by molar-refractivity contribution is -0.384. The minimum Gasteiger partial charge on any atom is -0.389 e. The maximum absolute atomic E-state index is 11.0. The first-order valence-electron chi connectivity index (χ1n) is 5.44. The standard InChI is InChI=1S/C11H15N3O5/c1-19-6-8(15)5-13-9-4-7(11(12)16)2-3-10(9)14(17)18/h2-4,8,13,15H,5-6H2,1H3,(H2,12,16). The van der Waals surface area contributed by atoms with Gasteiger partial charge < -0.3 is 20.9 Å². The summed E-state index contributed by atoms with van der Waals surface area (Å²) in [5.41, 5.74) is 5.18. The molecule has 0 spiro atoms. The molecule has 1 aromatic rings. The van der Waals surface area contributed by atoms with Crippen LogP contribution in [0.4, 0.5) is 11.4 Å². The summed E-state index contributed by atoms with van der Waals surface area (Å²) in [5.74, 6) is -0.685. The average molecular weight is 269 g/mol. The van der Waals surface area contributed by atoms with Crippen molar-refractivity contribution in [3.8, 4) is 0 Å². The number of anilines is 1. The van der Waals surface area contributed by atoms with E-state index in [9.17, 15) is 20.0 Å². The molecular weight excluding hydrogens is 254 g/mol. The molecule has 0 radical (unpaired) electrons. The largest absolute Gasteiger partial charge is 0.389 e. The van der Waals surface area contributed by atoms with E-state index in [0.717, 1.165) is 0 Å². The van der Waals surface area contributed by atoms with Crippen LogP contribution in [0.3, 0.4) is 0 Å². The maximum Gasteiger partial charge on any atom is 0.292 e. The molecular formula is C11H15N3O5. The van der Waals surface area contributed by atoms with Crippen molar-refractivity contribution in [2.75, 3.05) is 25.6 Å². The van der Waals surface area contributed by atoms with E-state index in [4.69, 9.17) is 10.5 Å². The summed E-state index contributed by atoms with van der Waals surface area (Å²) in [6, 6.07) is 3.74. The molecule has 0 aliphatic carbocycles. The summed E-state index contributed by atoms with van der Waals surface area (Å²) < 4.78 is 4.73. The van der Waals surface area contributed by atoms with Crippen LogP contribution in [0, 0.1) is 10.1 Å². The number of nitrogens with two attached hydrogens (primary N) is 1. The van der Waals surface area contributed by atoms with E-state index in [1.165, 1.54) is 25.3 Å². The fourth-order valence-corrected chi connectivity index (χ4v) is 1.47. The van der Waals surface area contributed by atoms with Gasteiger partial charge in [0.25, 0.3) is 5.69 Å². The molecule has 0 saturated heterocycles. The quantitative estimate of drug-likeness (QED) is 0.476. The van der Waals surface area contributed by atoms with Crippen molar-refractivity contribution < 1.29 is 19.6 Å². The van der Waals surface area contributed by atoms with Crippen molar-refractivity contribution in [1.82, 2.24) is 0 Å². The summed E-state index contributed by atoms with van der Waals surface area (Å²) in [6.07, 6.45) is -0.818. The van der Waals surface area contributed by atoms with Gasteiger partial charge in [0.15, 0.2) is 0 Å². The molecule has 0 bridgehead atoms. The molecule has 0 fully saturated rings. The average Bonchev–Trinajstić information content (AvgIpc) is 2.36. The second-order valence-electron chi connectivity index (χ2n) is 3.84. The molecule has 19 heavy (non-hydrogen) atoms. The van der Waals surface area contributed by atoms with Gasteiger partial charge in [-0.25, -0.2) is 0 Å². The molecule has 1 atom stereocenters. The molecule has 4 N–H and O–H groups in total. The van der Waals surface area contributed by atoms with Gasteiger partial charge in [0.1, 0.15) is 5.69 Å². The van der Waals surface area contributed by atoms with Crippen LogP contribution in [-0.2, 0) is 4.74 Å². The third-order valence-electron chi connectivity index (χ3n) is 2.36. The lowest BCUT2D eigenvalue weighted by Crippen LogP contribution is -2.24. The number of nitro benzene ring substituents is 1. The normalized spacial score (nSPS) is 11.9. The number of hydrogen-bond donors (Lipinski definition) is 3. The number of aliphatic hydroxyl groups excluding tert-OH is 1. The number of nitrogens with one attached hydrogen (secondary N) is 1. The molecule has 1 rings (SSSR count). The van der Waals surface area contributed by atoms with Gasteiger partial charge in [-0.1, -0.05) is 0 Å². The number of amides is 1. The Morgan fingerprint density at radius 2 is 2.32 bits per heavy atom. The minimum atomic E-state index is -0.818. The van der Waals surface area contributed by atoms with Crippen molar-refractivity contribution >= 4 is 17.3 Å². The summed E-state index contributed by atoms with van der Waals surface area (Å²) in [4.78, 5) is 21.3. The molecule has 1 amide bonds. The SMILES string of the molecule is COCC(O)CNc1cc(C(N)=O)ccc1[N+](=O)[O-]. The van der Waals surface area contributed by atoms with Gasteiger partial charge in [0.05, 0.1) is 17.6 Å². The Kier molecular flexibility index (Phi) is 5.22. The molecule has 0 aromatic heterocycles. The lowest BCUT2D eigenvalue weighted by Gasteiger charge is -2.12. The van der Waals surface area contributed by atoms with E-state index in [1.807, 2.05) is 0 Å². The maximum atomic E-state index is 11.0. The van der Waals surface area contributed by atoms with Crippen molar-refractivity contribution in [3.05, 3.63) is 33.9 Å². The number of aliphatic hydroxyl groups is 1. The van der Waals surface area contributed by atoms with E-state index >= 15 is 0 Å². The first kappa shape index (κ1) is 14.9. The number of rotatable bonds is 7. The zero-order valence-corrected chi connectivity index (χ0v) is 10.3. The van der Waals surface area contributed by atoms with Gasteiger partial charge in [-0.3, -0.25) is 14.9 Å². The fourth-order valence-electron chi connectivity index (χ4n) is 1.47. The number of primary amides is 1. The van der Waals surface area contributed by atoms with Crippen LogP contribution in [0.15, 0.2) is 18.2 Å². The Labute approximate surface area is 109 Å². The number of carbonyl (C=O) groups is 1. The highest BCUT2D eigenvalue weighted by Gasteiger charge is 2.16. The molecule has 0 heterocycles. The van der Waals surface area contributed by atoms with Gasteiger partial charge in [-0.05, 0) is 12.1 Å². The van der Waals surface area contributed by atoms with Gasteiger partial charge in [-0.2, -0.15) is 0 Å². The van der Waals surface area contributed by atoms with Crippen LogP contribution < -0.4 is 11.1 Å². The Balaban J connectivity index is 2.91. The van der Waals surface area contributed by atoms with Crippen molar-refractivity contribution in [3.63, 3.8) is 0 Å².